The molecule has 3 heteroatoms. The predicted octanol–water partition coefficient (Wildman–Crippen LogP) is 5.73. The second-order valence-corrected chi connectivity index (χ2v) is 6.27. The van der Waals surface area contributed by atoms with Crippen LogP contribution in [0.4, 0.5) is 8.78 Å². The van der Waals surface area contributed by atoms with E-state index in [-0.39, 0.29) is 0 Å². The van der Waals surface area contributed by atoms with Crippen LogP contribution < -0.4 is 4.74 Å². The molecule has 0 spiro atoms. The lowest BCUT2D eigenvalue weighted by Crippen LogP contribution is -2.20. The summed E-state index contributed by atoms with van der Waals surface area (Å²) in [5.41, 5.74) is 0. The molecule has 1 fully saturated rings. The summed E-state index contributed by atoms with van der Waals surface area (Å²) < 4.78 is 31.5. The lowest BCUT2D eigenvalue weighted by molar-refractivity contribution is 0.177. The Kier molecular flexibility index (Phi) is 6.47. The molecule has 0 aliphatic heterocycles. The first-order chi connectivity index (χ1) is 10.2. The van der Waals surface area contributed by atoms with Crippen LogP contribution in [0.3, 0.4) is 0 Å². The quantitative estimate of drug-likeness (QED) is 0.584. The SMILES string of the molecule is CCCCCC1CCC(COc2ccc(F)c(F)c2)CC1. The fourth-order valence-corrected chi connectivity index (χ4v) is 3.15. The third kappa shape index (κ3) is 5.29. The summed E-state index contributed by atoms with van der Waals surface area (Å²) in [6, 6.07) is 3.75. The summed E-state index contributed by atoms with van der Waals surface area (Å²) in [5, 5.41) is 0. The van der Waals surface area contributed by atoms with Crippen molar-refractivity contribution in [3.05, 3.63) is 29.8 Å². The number of hydrogen-bond donors (Lipinski definition) is 0. The average Bonchev–Trinajstić information content (AvgIpc) is 2.50. The van der Waals surface area contributed by atoms with Gasteiger partial charge in [0.15, 0.2) is 11.6 Å². The van der Waals surface area contributed by atoms with Crippen LogP contribution in [0.2, 0.25) is 0 Å². The molecule has 0 bridgehead atoms. The molecule has 0 unspecified atom stereocenters. The first-order valence-corrected chi connectivity index (χ1v) is 8.27. The van der Waals surface area contributed by atoms with Gasteiger partial charge in [0.2, 0.25) is 0 Å². The summed E-state index contributed by atoms with van der Waals surface area (Å²) in [4.78, 5) is 0. The van der Waals surface area contributed by atoms with E-state index in [0.717, 1.165) is 18.1 Å². The van der Waals surface area contributed by atoms with Gasteiger partial charge in [-0.05, 0) is 36.8 Å². The molecule has 0 radical (unpaired) electrons. The van der Waals surface area contributed by atoms with Gasteiger partial charge in [-0.15, -0.1) is 0 Å². The largest absolute Gasteiger partial charge is 0.493 e. The van der Waals surface area contributed by atoms with Crippen LogP contribution >= 0.6 is 0 Å². The van der Waals surface area contributed by atoms with Crippen LogP contribution in [0.5, 0.6) is 5.75 Å². The number of rotatable bonds is 7. The van der Waals surface area contributed by atoms with Crippen molar-refractivity contribution in [3.63, 3.8) is 0 Å². The van der Waals surface area contributed by atoms with E-state index in [2.05, 4.69) is 6.92 Å². The minimum absolute atomic E-state index is 0.430. The van der Waals surface area contributed by atoms with Crippen molar-refractivity contribution in [2.45, 2.75) is 58.3 Å². The molecule has 1 saturated carbocycles. The number of benzene rings is 1. The Morgan fingerprint density at radius 1 is 1.00 bits per heavy atom. The second kappa shape index (κ2) is 8.35. The highest BCUT2D eigenvalue weighted by Crippen LogP contribution is 2.32. The fourth-order valence-electron chi connectivity index (χ4n) is 3.15. The third-order valence-electron chi connectivity index (χ3n) is 4.56. The maximum Gasteiger partial charge on any atom is 0.162 e. The van der Waals surface area contributed by atoms with Crippen LogP contribution in [-0.4, -0.2) is 6.61 Å². The summed E-state index contributed by atoms with van der Waals surface area (Å²) in [6.07, 6.45) is 10.3. The Morgan fingerprint density at radius 3 is 2.38 bits per heavy atom. The number of hydrogen-bond acceptors (Lipinski definition) is 1. The molecule has 0 N–H and O–H groups in total. The van der Waals surface area contributed by atoms with Crippen molar-refractivity contribution >= 4 is 0 Å². The van der Waals surface area contributed by atoms with Crippen molar-refractivity contribution in [2.75, 3.05) is 6.61 Å². The lowest BCUT2D eigenvalue weighted by atomic mass is 9.80. The average molecular weight is 296 g/mol. The first-order valence-electron chi connectivity index (χ1n) is 8.27. The molecule has 21 heavy (non-hydrogen) atoms. The van der Waals surface area contributed by atoms with Gasteiger partial charge >= 0.3 is 0 Å². The van der Waals surface area contributed by atoms with E-state index >= 15 is 0 Å². The first kappa shape index (κ1) is 16.3. The molecule has 0 amide bonds. The van der Waals surface area contributed by atoms with E-state index < -0.39 is 11.6 Å². The van der Waals surface area contributed by atoms with Gasteiger partial charge in [0.05, 0.1) is 6.61 Å². The highest BCUT2D eigenvalue weighted by molar-refractivity contribution is 5.23. The zero-order valence-electron chi connectivity index (χ0n) is 12.9. The van der Waals surface area contributed by atoms with Crippen molar-refractivity contribution in [3.8, 4) is 5.75 Å². The highest BCUT2D eigenvalue weighted by Gasteiger charge is 2.21. The van der Waals surface area contributed by atoms with E-state index in [1.54, 1.807) is 0 Å². The Hall–Kier alpha value is -1.12. The van der Waals surface area contributed by atoms with E-state index in [4.69, 9.17) is 4.74 Å². The minimum atomic E-state index is -0.841. The van der Waals surface area contributed by atoms with Crippen LogP contribution in [0.15, 0.2) is 18.2 Å². The van der Waals surface area contributed by atoms with Gasteiger partial charge in [-0.3, -0.25) is 0 Å². The van der Waals surface area contributed by atoms with Crippen molar-refractivity contribution in [2.24, 2.45) is 11.8 Å². The zero-order valence-corrected chi connectivity index (χ0v) is 12.9. The normalized spacial score (nSPS) is 22.2. The molecule has 2 rings (SSSR count). The molecule has 118 valence electrons. The van der Waals surface area contributed by atoms with E-state index in [1.807, 2.05) is 0 Å². The second-order valence-electron chi connectivity index (χ2n) is 6.27. The molecule has 1 aliphatic rings. The maximum absolute atomic E-state index is 13.1. The topological polar surface area (TPSA) is 9.23 Å². The van der Waals surface area contributed by atoms with Gasteiger partial charge in [-0.2, -0.15) is 0 Å². The monoisotopic (exact) mass is 296 g/mol. The van der Waals surface area contributed by atoms with Crippen LogP contribution in [0.1, 0.15) is 58.3 Å². The number of halogens is 2. The molecular formula is C18H26F2O. The van der Waals surface area contributed by atoms with Crippen molar-refractivity contribution in [1.82, 2.24) is 0 Å². The number of ether oxygens (including phenoxy) is 1. The Balaban J connectivity index is 1.67. The molecule has 1 aliphatic carbocycles. The molecule has 0 aromatic heterocycles. The van der Waals surface area contributed by atoms with E-state index in [1.165, 1.54) is 57.4 Å². The Bertz CT molecular complexity index is 425. The van der Waals surface area contributed by atoms with E-state index in [9.17, 15) is 8.78 Å². The minimum Gasteiger partial charge on any atom is -0.493 e. The van der Waals surface area contributed by atoms with Gasteiger partial charge in [-0.1, -0.05) is 45.4 Å². The summed E-state index contributed by atoms with van der Waals surface area (Å²) in [7, 11) is 0. The van der Waals surface area contributed by atoms with Crippen LogP contribution in [-0.2, 0) is 0 Å². The van der Waals surface area contributed by atoms with Crippen molar-refractivity contribution < 1.29 is 13.5 Å². The molecule has 1 aromatic rings. The maximum atomic E-state index is 13.1. The third-order valence-corrected chi connectivity index (χ3v) is 4.56. The fraction of sp³-hybridized carbons (Fsp3) is 0.667. The number of unbranched alkanes of at least 4 members (excludes halogenated alkanes) is 2. The molecule has 0 saturated heterocycles. The zero-order chi connectivity index (χ0) is 15.1. The summed E-state index contributed by atoms with van der Waals surface area (Å²) in [6.45, 7) is 2.86. The summed E-state index contributed by atoms with van der Waals surface area (Å²) >= 11 is 0. The van der Waals surface area contributed by atoms with Gasteiger partial charge in [0.1, 0.15) is 5.75 Å². The van der Waals surface area contributed by atoms with Gasteiger partial charge in [0, 0.05) is 6.07 Å². The molecule has 0 atom stereocenters. The van der Waals surface area contributed by atoms with Crippen LogP contribution in [0.25, 0.3) is 0 Å². The summed E-state index contributed by atoms with van der Waals surface area (Å²) in [5.74, 6) is 0.206. The standard InChI is InChI=1S/C18H26F2O/c1-2-3-4-5-14-6-8-15(9-7-14)13-21-16-10-11-17(19)18(20)12-16/h10-12,14-15H,2-9,13H2,1H3. The van der Waals surface area contributed by atoms with Gasteiger partial charge in [-0.25, -0.2) is 8.78 Å². The molecule has 0 heterocycles. The van der Waals surface area contributed by atoms with Gasteiger partial charge in [0.25, 0.3) is 0 Å². The van der Waals surface area contributed by atoms with Gasteiger partial charge < -0.3 is 4.74 Å². The molecule has 1 aromatic carbocycles. The smallest absolute Gasteiger partial charge is 0.162 e. The molecular weight excluding hydrogens is 270 g/mol. The lowest BCUT2D eigenvalue weighted by Gasteiger charge is -2.28. The Labute approximate surface area is 126 Å². The van der Waals surface area contributed by atoms with Crippen LogP contribution in [0, 0.1) is 23.5 Å². The van der Waals surface area contributed by atoms with Crippen molar-refractivity contribution in [1.29, 1.82) is 0 Å². The predicted molar refractivity (Wildman–Crippen MR) is 81.4 cm³/mol. The highest BCUT2D eigenvalue weighted by atomic mass is 19.2. The van der Waals surface area contributed by atoms with E-state index in [0.29, 0.717) is 18.3 Å². The molecule has 1 nitrogen and oxygen atoms in total. The Morgan fingerprint density at radius 2 is 1.71 bits per heavy atom.